The lowest BCUT2D eigenvalue weighted by atomic mass is 9.70. The number of allylic oxidation sites excluding steroid dienone is 1. The number of ether oxygens (including phenoxy) is 1. The van der Waals surface area contributed by atoms with E-state index in [0.717, 1.165) is 47.5 Å². The molecule has 0 aromatic heterocycles. The number of carbonyl (C=O) groups excluding carboxylic acids is 1. The lowest BCUT2D eigenvalue weighted by molar-refractivity contribution is -0.138. The van der Waals surface area contributed by atoms with Crippen molar-refractivity contribution in [1.29, 1.82) is 0 Å². The number of fused-ring (bicyclic) bond motifs is 2. The number of nitrogens with zero attached hydrogens (tertiary/aromatic N) is 2. The molecule has 0 bridgehead atoms. The maximum Gasteiger partial charge on any atom is 0.255 e. The average molecular weight is 645 g/mol. The summed E-state index contributed by atoms with van der Waals surface area (Å²) in [6.07, 6.45) is 8.16. The summed E-state index contributed by atoms with van der Waals surface area (Å²) in [5, 5.41) is 22.9. The number of rotatable bonds is 13. The summed E-state index contributed by atoms with van der Waals surface area (Å²) >= 11 is 3.61. The van der Waals surface area contributed by atoms with Gasteiger partial charge in [-0.2, -0.15) is 0 Å². The first kappa shape index (κ1) is 34.1. The van der Waals surface area contributed by atoms with Crippen LogP contribution < -0.4 is 15.4 Å². The van der Waals surface area contributed by atoms with Gasteiger partial charge >= 0.3 is 0 Å². The number of anilines is 1. The lowest BCUT2D eigenvalue weighted by Gasteiger charge is -2.42. The van der Waals surface area contributed by atoms with Crippen LogP contribution in [0.1, 0.15) is 55.2 Å². The highest BCUT2D eigenvalue weighted by Gasteiger charge is 2.40. The van der Waals surface area contributed by atoms with Gasteiger partial charge in [-0.05, 0) is 97.7 Å². The first-order chi connectivity index (χ1) is 21.1. The molecule has 11 heteroatoms. The normalized spacial score (nSPS) is 21.3. The van der Waals surface area contributed by atoms with Crippen LogP contribution in [0.25, 0.3) is 0 Å². The number of aryl methyl sites for hydroxylation is 1. The molecule has 240 valence electrons. The molecule has 2 aromatic rings. The molecular formula is C33H43ClN3O6S-. The summed E-state index contributed by atoms with van der Waals surface area (Å²) in [6.45, 7) is 8.57. The van der Waals surface area contributed by atoms with Gasteiger partial charge in [0.05, 0.1) is 18.3 Å². The number of primary amides is 1. The van der Waals surface area contributed by atoms with Gasteiger partial charge in [-0.3, -0.25) is 9.00 Å². The van der Waals surface area contributed by atoms with Crippen molar-refractivity contribution in [1.82, 2.24) is 4.31 Å². The van der Waals surface area contributed by atoms with Crippen molar-refractivity contribution in [2.24, 2.45) is 17.6 Å². The van der Waals surface area contributed by atoms with Crippen LogP contribution in [0.4, 0.5) is 5.69 Å². The van der Waals surface area contributed by atoms with Gasteiger partial charge in [-0.25, -0.2) is 4.31 Å². The molecule has 1 saturated carbocycles. The van der Waals surface area contributed by atoms with E-state index in [1.165, 1.54) is 0 Å². The van der Waals surface area contributed by atoms with Gasteiger partial charge in [0.2, 0.25) is 0 Å². The molecule has 0 spiro atoms. The van der Waals surface area contributed by atoms with Crippen molar-refractivity contribution in [2.45, 2.75) is 63.3 Å². The Kier molecular flexibility index (Phi) is 12.0. The fourth-order valence-corrected chi connectivity index (χ4v) is 6.87. The number of hydrogen-bond donors (Lipinski definition) is 3. The highest BCUT2D eigenvalue weighted by atomic mass is 35.5. The predicted molar refractivity (Wildman–Crippen MR) is 173 cm³/mol. The van der Waals surface area contributed by atoms with Gasteiger partial charge < -0.3 is 30.1 Å². The van der Waals surface area contributed by atoms with Gasteiger partial charge in [0.25, 0.3) is 5.91 Å². The molecule has 4 rings (SSSR count). The number of hydrogen-bond acceptors (Lipinski definition) is 7. The van der Waals surface area contributed by atoms with Crippen LogP contribution in [0.15, 0.2) is 61.7 Å². The van der Waals surface area contributed by atoms with E-state index in [4.69, 9.17) is 22.1 Å². The fraction of sp³-hybridized carbons (Fsp3) is 0.485. The molecular weight excluding hydrogens is 602 g/mol. The number of nitrogens with two attached hydrogens (primary N) is 1. The molecule has 0 saturated heterocycles. The van der Waals surface area contributed by atoms with E-state index in [0.29, 0.717) is 49.0 Å². The molecule has 1 fully saturated rings. The third-order valence-corrected chi connectivity index (χ3v) is 9.87. The molecule has 1 unspecified atom stereocenters. The van der Waals surface area contributed by atoms with E-state index in [-0.39, 0.29) is 23.9 Å². The number of aliphatic hydroxyl groups excluding tert-OH is 1. The summed E-state index contributed by atoms with van der Waals surface area (Å²) < 4.78 is 31.5. The third-order valence-electron chi connectivity index (χ3n) is 8.90. The Morgan fingerprint density at radius 2 is 2.05 bits per heavy atom. The molecule has 1 aliphatic carbocycles. The van der Waals surface area contributed by atoms with Crippen molar-refractivity contribution in [3.63, 3.8) is 0 Å². The SMILES string of the molecule is C=CCCCN(C[C@@](O)(C(N)=O)c1ccc2c(c1)N(C[C@@H]1CC[C@H]1[C@@H](O)C=C)CCCCc1cc(Cl)ccc1CO2)S(=O)[O-]. The standard InChI is InChI=1S/C33H44ClN3O6S/c1-3-5-7-17-37(44(41)42)22-33(40,32(35)39)26-12-15-31-29(19-26)36(20-24-11-14-28(24)30(38)4-2)16-8-6-9-23-18-27(34)13-10-25(23)21-43-31/h3-4,10,12-13,15,18-19,24,28,30,38,40H,1-2,5-9,11,14,16-17,20-22H2,(H2,35,39)(H,41,42)/p-1/t24-,28+,30-,33-/m0/s1. The first-order valence-electron chi connectivity index (χ1n) is 15.1. The highest BCUT2D eigenvalue weighted by molar-refractivity contribution is 7.76. The van der Waals surface area contributed by atoms with Crippen molar-refractivity contribution in [3.05, 3.63) is 83.4 Å². The first-order valence-corrected chi connectivity index (χ1v) is 16.6. The largest absolute Gasteiger partial charge is 0.760 e. The van der Waals surface area contributed by atoms with Crippen LogP contribution in [0.5, 0.6) is 5.75 Å². The Morgan fingerprint density at radius 3 is 2.70 bits per heavy atom. The Balaban J connectivity index is 1.74. The fourth-order valence-electron chi connectivity index (χ4n) is 6.11. The van der Waals surface area contributed by atoms with E-state index in [1.54, 1.807) is 30.4 Å². The topological polar surface area (TPSA) is 139 Å². The van der Waals surface area contributed by atoms with Gasteiger partial charge in [-0.1, -0.05) is 35.9 Å². The predicted octanol–water partition coefficient (Wildman–Crippen LogP) is 4.37. The Hall–Kier alpha value is -2.73. The van der Waals surface area contributed by atoms with E-state index >= 15 is 0 Å². The van der Waals surface area contributed by atoms with Gasteiger partial charge in [-0.15, -0.1) is 13.2 Å². The van der Waals surface area contributed by atoms with Gasteiger partial charge in [0, 0.05) is 35.9 Å². The van der Waals surface area contributed by atoms with Crippen molar-refractivity contribution in [2.75, 3.05) is 31.1 Å². The number of benzene rings is 2. The van der Waals surface area contributed by atoms with E-state index in [9.17, 15) is 23.8 Å². The van der Waals surface area contributed by atoms with Gasteiger partial charge in [0.1, 0.15) is 12.4 Å². The monoisotopic (exact) mass is 644 g/mol. The quantitative estimate of drug-likeness (QED) is 0.167. The summed E-state index contributed by atoms with van der Waals surface area (Å²) in [5.41, 5.74) is 6.46. The second-order valence-corrected chi connectivity index (χ2v) is 13.1. The maximum absolute atomic E-state index is 12.8. The third kappa shape index (κ3) is 8.10. The summed E-state index contributed by atoms with van der Waals surface area (Å²) in [7, 11) is 0. The molecule has 2 aliphatic rings. The average Bonchev–Trinajstić information content (AvgIpc) is 3.01. The molecule has 1 heterocycles. The van der Waals surface area contributed by atoms with Crippen LogP contribution in [-0.2, 0) is 34.7 Å². The number of unbranched alkanes of at least 4 members (excludes halogenated alkanes) is 1. The number of carbonyl (C=O) groups is 1. The molecule has 0 radical (unpaired) electrons. The van der Waals surface area contributed by atoms with Crippen LogP contribution >= 0.6 is 11.6 Å². The zero-order chi connectivity index (χ0) is 31.9. The van der Waals surface area contributed by atoms with E-state index in [1.807, 2.05) is 18.2 Å². The maximum atomic E-state index is 12.8. The second-order valence-electron chi connectivity index (χ2n) is 11.8. The van der Waals surface area contributed by atoms with Crippen LogP contribution in [0, 0.1) is 11.8 Å². The lowest BCUT2D eigenvalue weighted by Crippen LogP contribution is -2.50. The summed E-state index contributed by atoms with van der Waals surface area (Å²) in [5.74, 6) is -0.208. The Bertz CT molecular complexity index is 1360. The van der Waals surface area contributed by atoms with Crippen LogP contribution in [0.3, 0.4) is 0 Å². The minimum atomic E-state index is -2.69. The minimum absolute atomic E-state index is 0.0864. The summed E-state index contributed by atoms with van der Waals surface area (Å²) in [6, 6.07) is 10.7. The molecule has 2 aromatic carbocycles. The second kappa shape index (κ2) is 15.5. The van der Waals surface area contributed by atoms with E-state index < -0.39 is 35.4 Å². The molecule has 1 aliphatic heterocycles. The van der Waals surface area contributed by atoms with Crippen molar-refractivity contribution >= 4 is 34.5 Å². The van der Waals surface area contributed by atoms with Crippen LogP contribution in [0.2, 0.25) is 5.02 Å². The van der Waals surface area contributed by atoms with Crippen LogP contribution in [-0.4, -0.2) is 61.5 Å². The molecule has 9 nitrogen and oxygen atoms in total. The number of amides is 1. The molecule has 5 atom stereocenters. The molecule has 1 amide bonds. The van der Waals surface area contributed by atoms with Gasteiger partial charge in [0.15, 0.2) is 5.60 Å². The van der Waals surface area contributed by atoms with Crippen molar-refractivity contribution < 1.29 is 28.5 Å². The number of halogens is 1. The smallest absolute Gasteiger partial charge is 0.255 e. The minimum Gasteiger partial charge on any atom is -0.760 e. The molecule has 44 heavy (non-hydrogen) atoms. The Morgan fingerprint density at radius 1 is 1.25 bits per heavy atom. The Labute approximate surface area is 267 Å². The zero-order valence-electron chi connectivity index (χ0n) is 25.0. The molecule has 4 N–H and O–H groups in total. The zero-order valence-corrected chi connectivity index (χ0v) is 26.6. The van der Waals surface area contributed by atoms with E-state index in [2.05, 4.69) is 18.1 Å². The van der Waals surface area contributed by atoms with Crippen molar-refractivity contribution in [3.8, 4) is 5.75 Å². The summed E-state index contributed by atoms with van der Waals surface area (Å²) in [4.78, 5) is 15.0. The number of aliphatic hydroxyl groups is 2. The highest BCUT2D eigenvalue weighted by Crippen LogP contribution is 2.41.